The largest absolute Gasteiger partial charge is 0.486 e. The number of benzene rings is 3. The normalized spacial score (nSPS) is 13.3. The number of halogens is 1. The number of carboxylic acid groups (broad SMARTS) is 1. The van der Waals surface area contributed by atoms with Crippen molar-refractivity contribution in [3.63, 3.8) is 0 Å². The van der Waals surface area contributed by atoms with Crippen LogP contribution in [0.1, 0.15) is 34.6 Å². The lowest BCUT2D eigenvalue weighted by Gasteiger charge is -2.15. The Kier molecular flexibility index (Phi) is 5.15. The fourth-order valence-corrected chi connectivity index (χ4v) is 4.13. The molecule has 0 amide bonds. The maximum absolute atomic E-state index is 12.0. The van der Waals surface area contributed by atoms with Gasteiger partial charge in [0.05, 0.1) is 6.54 Å². The number of rotatable bonds is 6. The van der Waals surface area contributed by atoms with Crippen LogP contribution in [0, 0.1) is 0 Å². The molecule has 1 aliphatic heterocycles. The van der Waals surface area contributed by atoms with Crippen LogP contribution in [0.5, 0.6) is 17.2 Å². The van der Waals surface area contributed by atoms with Crippen molar-refractivity contribution < 1.29 is 24.1 Å². The minimum Gasteiger partial charge on any atom is -0.486 e. The van der Waals surface area contributed by atoms with E-state index in [1.807, 2.05) is 55.5 Å². The van der Waals surface area contributed by atoms with Crippen molar-refractivity contribution in [3.05, 3.63) is 88.6 Å². The van der Waals surface area contributed by atoms with Gasteiger partial charge in [-0.2, -0.15) is 0 Å². The van der Waals surface area contributed by atoms with E-state index in [0.717, 1.165) is 22.0 Å². The van der Waals surface area contributed by atoms with Crippen LogP contribution >= 0.6 is 11.6 Å². The molecule has 3 aromatic carbocycles. The summed E-state index contributed by atoms with van der Waals surface area (Å²) < 4.78 is 18.6. The highest BCUT2D eigenvalue weighted by molar-refractivity contribution is 6.31. The van der Waals surface area contributed by atoms with E-state index >= 15 is 0 Å². The molecule has 0 bridgehead atoms. The Hall–Kier alpha value is -3.64. The molecule has 0 spiro atoms. The molecule has 32 heavy (non-hydrogen) atoms. The molecular weight excluding hydrogens is 430 g/mol. The molecule has 0 aliphatic carbocycles. The van der Waals surface area contributed by atoms with E-state index in [4.69, 9.17) is 25.8 Å². The molecule has 1 unspecified atom stereocenters. The Morgan fingerprint density at radius 1 is 1.09 bits per heavy atom. The summed E-state index contributed by atoms with van der Waals surface area (Å²) in [6.45, 7) is 2.41. The third-order valence-electron chi connectivity index (χ3n) is 5.54. The fraction of sp³-hybridized carbons (Fsp3) is 0.160. The fourth-order valence-electron chi connectivity index (χ4n) is 3.92. The topological polar surface area (TPSA) is 69.9 Å². The van der Waals surface area contributed by atoms with E-state index in [2.05, 4.69) is 0 Å². The van der Waals surface area contributed by atoms with Gasteiger partial charge in [0.25, 0.3) is 0 Å². The van der Waals surface area contributed by atoms with Gasteiger partial charge in [-0.25, -0.2) is 4.79 Å². The smallest absolute Gasteiger partial charge is 0.352 e. The summed E-state index contributed by atoms with van der Waals surface area (Å²) in [5.74, 6) is 0.842. The van der Waals surface area contributed by atoms with Crippen LogP contribution in [-0.4, -0.2) is 22.4 Å². The number of hydrogen-bond acceptors (Lipinski definition) is 4. The van der Waals surface area contributed by atoms with Crippen LogP contribution in [0.3, 0.4) is 0 Å². The third kappa shape index (κ3) is 3.74. The zero-order valence-electron chi connectivity index (χ0n) is 17.2. The highest BCUT2D eigenvalue weighted by atomic mass is 35.5. The number of carbonyl (C=O) groups is 1. The molecule has 0 saturated heterocycles. The molecule has 1 N–H and O–H groups in total. The average molecular weight is 450 g/mol. The molecule has 162 valence electrons. The lowest BCUT2D eigenvalue weighted by molar-refractivity contribution is 0.0686. The number of ether oxygens (including phenoxy) is 3. The molecule has 1 aromatic heterocycles. The van der Waals surface area contributed by atoms with E-state index in [9.17, 15) is 9.90 Å². The summed E-state index contributed by atoms with van der Waals surface area (Å²) >= 11 is 6.43. The quantitative estimate of drug-likeness (QED) is 0.396. The van der Waals surface area contributed by atoms with Crippen LogP contribution < -0.4 is 14.2 Å². The van der Waals surface area contributed by atoms with Gasteiger partial charge in [0.2, 0.25) is 6.79 Å². The van der Waals surface area contributed by atoms with Crippen LogP contribution in [0.4, 0.5) is 0 Å². The second kappa shape index (κ2) is 8.13. The highest BCUT2D eigenvalue weighted by Gasteiger charge is 2.20. The lowest BCUT2D eigenvalue weighted by atomic mass is 10.1. The summed E-state index contributed by atoms with van der Waals surface area (Å²) in [6.07, 6.45) is -0.137. The van der Waals surface area contributed by atoms with Crippen molar-refractivity contribution in [3.8, 4) is 17.2 Å². The number of aromatic nitrogens is 1. The molecule has 2 heterocycles. The molecule has 0 radical (unpaired) electrons. The van der Waals surface area contributed by atoms with Crippen molar-refractivity contribution >= 4 is 28.5 Å². The first-order chi connectivity index (χ1) is 15.5. The van der Waals surface area contributed by atoms with Gasteiger partial charge in [-0.1, -0.05) is 41.9 Å². The molecule has 5 rings (SSSR count). The Morgan fingerprint density at radius 2 is 1.84 bits per heavy atom. The van der Waals surface area contributed by atoms with Gasteiger partial charge in [0.1, 0.15) is 17.5 Å². The summed E-state index contributed by atoms with van der Waals surface area (Å²) in [5, 5.41) is 11.1. The van der Waals surface area contributed by atoms with Crippen LogP contribution in [0.25, 0.3) is 10.9 Å². The summed E-state index contributed by atoms with van der Waals surface area (Å²) in [6, 6.07) is 20.7. The number of aromatic carboxylic acids is 1. The Labute approximate surface area is 189 Å². The highest BCUT2D eigenvalue weighted by Crippen LogP contribution is 2.38. The monoisotopic (exact) mass is 449 g/mol. The average Bonchev–Trinajstić information content (AvgIpc) is 3.38. The first-order valence-corrected chi connectivity index (χ1v) is 10.5. The molecule has 7 heteroatoms. The maximum Gasteiger partial charge on any atom is 0.352 e. The van der Waals surface area contributed by atoms with E-state index in [-0.39, 0.29) is 25.1 Å². The predicted octanol–water partition coefficient (Wildman–Crippen LogP) is 5.91. The van der Waals surface area contributed by atoms with E-state index in [0.29, 0.717) is 22.3 Å². The summed E-state index contributed by atoms with van der Waals surface area (Å²) in [5.41, 5.74) is 2.75. The Balaban J connectivity index is 1.49. The molecule has 1 aliphatic rings. The molecule has 4 aromatic rings. The zero-order chi connectivity index (χ0) is 22.2. The molecule has 0 fully saturated rings. The molecular formula is C25H20ClNO5. The van der Waals surface area contributed by atoms with Crippen molar-refractivity contribution in [1.29, 1.82) is 0 Å². The Bertz CT molecular complexity index is 1320. The van der Waals surface area contributed by atoms with Crippen molar-refractivity contribution in [1.82, 2.24) is 4.57 Å². The molecule has 6 nitrogen and oxygen atoms in total. The second-order valence-corrected chi connectivity index (χ2v) is 8.02. The number of hydrogen-bond donors (Lipinski definition) is 1. The number of nitrogens with zero attached hydrogens (tertiary/aromatic N) is 1. The Morgan fingerprint density at radius 3 is 2.59 bits per heavy atom. The van der Waals surface area contributed by atoms with Gasteiger partial charge in [-0.05, 0) is 48.4 Å². The maximum atomic E-state index is 12.0. The second-order valence-electron chi connectivity index (χ2n) is 7.61. The molecule has 1 atom stereocenters. The van der Waals surface area contributed by atoms with E-state index in [1.165, 1.54) is 0 Å². The standard InChI is InChI=1S/C25H20ClNO5/c1-15(16-5-3-2-4-6-16)32-19-7-8-21-17(9-19)10-22(25(28)29)27(21)13-18-11-23-24(12-20(18)26)31-14-30-23/h2-12,15H,13-14H2,1H3,(H,28,29). The minimum absolute atomic E-state index is 0.137. The lowest BCUT2D eigenvalue weighted by Crippen LogP contribution is -2.09. The van der Waals surface area contributed by atoms with Gasteiger partial charge >= 0.3 is 5.97 Å². The van der Waals surface area contributed by atoms with E-state index < -0.39 is 5.97 Å². The van der Waals surface area contributed by atoms with Gasteiger partial charge in [0.15, 0.2) is 11.5 Å². The van der Waals surface area contributed by atoms with Crippen molar-refractivity contribution in [2.75, 3.05) is 6.79 Å². The van der Waals surface area contributed by atoms with Crippen molar-refractivity contribution in [2.45, 2.75) is 19.6 Å². The first-order valence-electron chi connectivity index (χ1n) is 10.2. The first kappa shape index (κ1) is 20.3. The predicted molar refractivity (Wildman–Crippen MR) is 121 cm³/mol. The zero-order valence-corrected chi connectivity index (χ0v) is 18.0. The van der Waals surface area contributed by atoms with Gasteiger partial charge < -0.3 is 23.9 Å². The third-order valence-corrected chi connectivity index (χ3v) is 5.90. The van der Waals surface area contributed by atoms with Gasteiger partial charge in [-0.3, -0.25) is 0 Å². The van der Waals surface area contributed by atoms with Gasteiger partial charge in [-0.15, -0.1) is 0 Å². The number of carboxylic acids is 1. The van der Waals surface area contributed by atoms with Crippen LogP contribution in [-0.2, 0) is 6.54 Å². The minimum atomic E-state index is -1.02. The SMILES string of the molecule is CC(Oc1ccc2c(c1)cc(C(=O)O)n2Cc1cc2c(cc1Cl)OCO2)c1ccccc1. The number of fused-ring (bicyclic) bond motifs is 2. The summed E-state index contributed by atoms with van der Waals surface area (Å²) in [4.78, 5) is 12.0. The van der Waals surface area contributed by atoms with E-state index in [1.54, 1.807) is 22.8 Å². The molecule has 0 saturated carbocycles. The van der Waals surface area contributed by atoms with Crippen molar-refractivity contribution in [2.24, 2.45) is 0 Å². The van der Waals surface area contributed by atoms with Crippen LogP contribution in [0.15, 0.2) is 66.7 Å². The summed E-state index contributed by atoms with van der Waals surface area (Å²) in [7, 11) is 0. The van der Waals surface area contributed by atoms with Crippen LogP contribution in [0.2, 0.25) is 5.02 Å². The van der Waals surface area contributed by atoms with Gasteiger partial charge in [0, 0.05) is 22.0 Å².